The van der Waals surface area contributed by atoms with E-state index in [0.717, 1.165) is 33.2 Å². The highest BCUT2D eigenvalue weighted by Crippen LogP contribution is 2.28. The average Bonchev–Trinajstić information content (AvgIpc) is 3.27. The number of carbonyl (C=O) groups excluding carboxylic acids is 1. The molecule has 1 atom stereocenters. The van der Waals surface area contributed by atoms with Crippen LogP contribution in [0.15, 0.2) is 47.1 Å². The second-order valence-corrected chi connectivity index (χ2v) is 10.7. The maximum absolute atomic E-state index is 13.3. The van der Waals surface area contributed by atoms with Gasteiger partial charge >= 0.3 is 0 Å². The van der Waals surface area contributed by atoms with E-state index < -0.39 is 9.84 Å². The van der Waals surface area contributed by atoms with Gasteiger partial charge in [-0.3, -0.25) is 4.79 Å². The molecule has 3 aromatic rings. The number of carbonyl (C=O) groups is 1. The van der Waals surface area contributed by atoms with Crippen LogP contribution in [-0.2, 0) is 27.6 Å². The first-order valence-electron chi connectivity index (χ1n) is 9.94. The van der Waals surface area contributed by atoms with Gasteiger partial charge in [0.1, 0.15) is 5.58 Å². The fourth-order valence-electron chi connectivity index (χ4n) is 4.02. The van der Waals surface area contributed by atoms with Crippen molar-refractivity contribution in [1.29, 1.82) is 0 Å². The van der Waals surface area contributed by atoms with Crippen LogP contribution in [-0.4, -0.2) is 36.8 Å². The zero-order valence-electron chi connectivity index (χ0n) is 17.0. The molecule has 0 saturated carbocycles. The van der Waals surface area contributed by atoms with Gasteiger partial charge in [0.15, 0.2) is 9.84 Å². The molecule has 0 spiro atoms. The third-order valence-electron chi connectivity index (χ3n) is 5.92. The van der Waals surface area contributed by atoms with E-state index in [2.05, 4.69) is 0 Å². The molecule has 4 rings (SSSR count). The summed E-state index contributed by atoms with van der Waals surface area (Å²) >= 11 is 5.98. The highest BCUT2D eigenvalue weighted by molar-refractivity contribution is 7.91. The van der Waals surface area contributed by atoms with Gasteiger partial charge in [0, 0.05) is 28.6 Å². The number of sulfone groups is 1. The number of benzene rings is 2. The Balaban J connectivity index is 1.62. The van der Waals surface area contributed by atoms with E-state index in [1.165, 1.54) is 0 Å². The van der Waals surface area contributed by atoms with Crippen molar-refractivity contribution in [2.45, 2.75) is 39.3 Å². The number of rotatable bonds is 5. The molecule has 2 aromatic carbocycles. The fraction of sp³-hybridized carbons (Fsp3) is 0.348. The van der Waals surface area contributed by atoms with E-state index in [0.29, 0.717) is 18.0 Å². The van der Waals surface area contributed by atoms with Gasteiger partial charge in [-0.05, 0) is 49.1 Å². The minimum absolute atomic E-state index is 0.0107. The minimum atomic E-state index is -3.11. The van der Waals surface area contributed by atoms with Gasteiger partial charge in [0.25, 0.3) is 0 Å². The molecule has 5 nitrogen and oxygen atoms in total. The first kappa shape index (κ1) is 20.9. The molecule has 30 heavy (non-hydrogen) atoms. The molecule has 1 fully saturated rings. The topological polar surface area (TPSA) is 67.6 Å². The third-order valence-corrected chi connectivity index (χ3v) is 7.92. The number of hydrogen-bond donors (Lipinski definition) is 0. The molecule has 158 valence electrons. The molecule has 7 heteroatoms. The fourth-order valence-corrected chi connectivity index (χ4v) is 5.88. The van der Waals surface area contributed by atoms with Gasteiger partial charge in [-0.2, -0.15) is 0 Å². The second kappa shape index (κ2) is 8.08. The van der Waals surface area contributed by atoms with E-state index >= 15 is 0 Å². The molecule has 1 saturated heterocycles. The maximum Gasteiger partial charge on any atom is 0.227 e. The van der Waals surface area contributed by atoms with Crippen LogP contribution in [0.5, 0.6) is 0 Å². The lowest BCUT2D eigenvalue weighted by atomic mass is 10.0. The van der Waals surface area contributed by atoms with Crippen molar-refractivity contribution in [2.75, 3.05) is 11.5 Å². The van der Waals surface area contributed by atoms with Gasteiger partial charge in [-0.25, -0.2) is 8.42 Å². The number of halogens is 1. The third kappa shape index (κ3) is 4.25. The van der Waals surface area contributed by atoms with Gasteiger partial charge < -0.3 is 9.32 Å². The molecule has 1 unspecified atom stereocenters. The minimum Gasteiger partial charge on any atom is -0.464 e. The van der Waals surface area contributed by atoms with E-state index in [1.54, 1.807) is 23.3 Å². The SMILES string of the molecule is Cc1ccc2c(CC(=O)N(Cc3ccc(Cl)cc3)C3CCS(=O)(=O)C3)coc2c1C. The zero-order chi connectivity index (χ0) is 21.5. The number of amides is 1. The van der Waals surface area contributed by atoms with E-state index in [4.69, 9.17) is 16.0 Å². The lowest BCUT2D eigenvalue weighted by Gasteiger charge is -2.28. The zero-order valence-corrected chi connectivity index (χ0v) is 18.6. The van der Waals surface area contributed by atoms with Crippen molar-refractivity contribution in [3.63, 3.8) is 0 Å². The summed E-state index contributed by atoms with van der Waals surface area (Å²) in [5, 5.41) is 1.55. The van der Waals surface area contributed by atoms with Crippen molar-refractivity contribution in [3.05, 3.63) is 69.9 Å². The maximum atomic E-state index is 13.3. The highest BCUT2D eigenvalue weighted by Gasteiger charge is 2.35. The van der Waals surface area contributed by atoms with Crippen LogP contribution in [0.3, 0.4) is 0 Å². The normalized spacial score (nSPS) is 18.0. The molecule has 1 amide bonds. The van der Waals surface area contributed by atoms with Crippen LogP contribution in [0.25, 0.3) is 11.0 Å². The largest absolute Gasteiger partial charge is 0.464 e. The number of aryl methyl sites for hydroxylation is 2. The number of furan rings is 1. The van der Waals surface area contributed by atoms with Crippen molar-refractivity contribution >= 4 is 38.3 Å². The van der Waals surface area contributed by atoms with Crippen LogP contribution in [0.1, 0.15) is 28.7 Å². The van der Waals surface area contributed by atoms with E-state index in [9.17, 15) is 13.2 Å². The molecule has 0 radical (unpaired) electrons. The summed E-state index contributed by atoms with van der Waals surface area (Å²) < 4.78 is 29.9. The molecule has 1 aliphatic heterocycles. The van der Waals surface area contributed by atoms with Crippen LogP contribution < -0.4 is 0 Å². The van der Waals surface area contributed by atoms with E-state index in [1.807, 2.05) is 38.1 Å². The summed E-state index contributed by atoms with van der Waals surface area (Å²) in [5.41, 5.74) is 4.73. The molecular formula is C23H24ClNO4S. The Labute approximate surface area is 181 Å². The highest BCUT2D eigenvalue weighted by atomic mass is 35.5. The number of hydrogen-bond acceptors (Lipinski definition) is 4. The van der Waals surface area contributed by atoms with Crippen LogP contribution >= 0.6 is 11.6 Å². The summed E-state index contributed by atoms with van der Waals surface area (Å²) in [6.07, 6.45) is 2.27. The molecule has 2 heterocycles. The second-order valence-electron chi connectivity index (χ2n) is 8.03. The van der Waals surface area contributed by atoms with Crippen molar-refractivity contribution in [2.24, 2.45) is 0 Å². The summed E-state index contributed by atoms with van der Waals surface area (Å²) in [6.45, 7) is 4.38. The molecule has 0 N–H and O–H groups in total. The predicted octanol–water partition coefficient (Wildman–Crippen LogP) is 4.46. The average molecular weight is 446 g/mol. The molecule has 1 aromatic heterocycles. The monoisotopic (exact) mass is 445 g/mol. The molecule has 1 aliphatic rings. The quantitative estimate of drug-likeness (QED) is 0.581. The Morgan fingerprint density at radius 3 is 2.57 bits per heavy atom. The Bertz CT molecular complexity index is 1200. The smallest absolute Gasteiger partial charge is 0.227 e. The van der Waals surface area contributed by atoms with Crippen molar-refractivity contribution in [1.82, 2.24) is 4.90 Å². The van der Waals surface area contributed by atoms with Crippen molar-refractivity contribution < 1.29 is 17.6 Å². The van der Waals surface area contributed by atoms with Gasteiger partial charge in [-0.15, -0.1) is 0 Å². The summed E-state index contributed by atoms with van der Waals surface area (Å²) in [4.78, 5) is 15.0. The molecular weight excluding hydrogens is 422 g/mol. The molecule has 0 aliphatic carbocycles. The van der Waals surface area contributed by atoms with Crippen LogP contribution in [0.2, 0.25) is 5.02 Å². The summed E-state index contributed by atoms with van der Waals surface area (Å²) in [5.74, 6) is 0.0272. The summed E-state index contributed by atoms with van der Waals surface area (Å²) in [6, 6.07) is 11.0. The standard InChI is InChI=1S/C23H24ClNO4S/c1-15-3-8-21-18(13-29-23(21)16(15)2)11-22(26)25(20-9-10-30(27,28)14-20)12-17-4-6-19(24)7-5-17/h3-8,13,20H,9-12,14H2,1-2H3. The lowest BCUT2D eigenvalue weighted by molar-refractivity contribution is -0.133. The van der Waals surface area contributed by atoms with Gasteiger partial charge in [-0.1, -0.05) is 35.9 Å². The van der Waals surface area contributed by atoms with Gasteiger partial charge in [0.05, 0.1) is 24.2 Å². The van der Waals surface area contributed by atoms with Gasteiger partial charge in [0.2, 0.25) is 5.91 Å². The first-order chi connectivity index (χ1) is 14.2. The summed E-state index contributed by atoms with van der Waals surface area (Å²) in [7, 11) is -3.11. The van der Waals surface area contributed by atoms with Crippen LogP contribution in [0.4, 0.5) is 0 Å². The Kier molecular flexibility index (Phi) is 5.64. The molecule has 0 bridgehead atoms. The Morgan fingerprint density at radius 2 is 1.90 bits per heavy atom. The number of nitrogens with zero attached hydrogens (tertiary/aromatic N) is 1. The van der Waals surface area contributed by atoms with Crippen LogP contribution in [0, 0.1) is 13.8 Å². The number of fused-ring (bicyclic) bond motifs is 1. The Morgan fingerprint density at radius 1 is 1.17 bits per heavy atom. The first-order valence-corrected chi connectivity index (χ1v) is 12.1. The van der Waals surface area contributed by atoms with E-state index in [-0.39, 0.29) is 29.9 Å². The lowest BCUT2D eigenvalue weighted by Crippen LogP contribution is -2.41. The van der Waals surface area contributed by atoms with Crippen molar-refractivity contribution in [3.8, 4) is 0 Å². The Hall–Kier alpha value is -2.31. The predicted molar refractivity (Wildman–Crippen MR) is 118 cm³/mol.